The second-order valence-corrected chi connectivity index (χ2v) is 4.92. The third-order valence-electron chi connectivity index (χ3n) is 3.35. The van der Waals surface area contributed by atoms with E-state index in [0.29, 0.717) is 23.8 Å². The van der Waals surface area contributed by atoms with E-state index >= 15 is 0 Å². The van der Waals surface area contributed by atoms with Gasteiger partial charge in [0.25, 0.3) is 11.9 Å². The first-order chi connectivity index (χ1) is 10.3. The summed E-state index contributed by atoms with van der Waals surface area (Å²) in [7, 11) is 1.77. The third-order valence-corrected chi connectivity index (χ3v) is 3.35. The van der Waals surface area contributed by atoms with Crippen molar-refractivity contribution in [3.63, 3.8) is 0 Å². The average Bonchev–Trinajstić information content (AvgIpc) is 3.05. The highest BCUT2D eigenvalue weighted by atomic mass is 15.4. The SMILES string of the molecule is CNc1nc(-n2cccn2)nc(-n2ccc(C3CC3)n2)n1. The molecule has 3 aromatic rings. The van der Waals surface area contributed by atoms with E-state index in [1.807, 2.05) is 18.3 Å². The second-order valence-electron chi connectivity index (χ2n) is 4.92. The number of rotatable bonds is 4. The Morgan fingerprint density at radius 1 is 1.10 bits per heavy atom. The van der Waals surface area contributed by atoms with Crippen molar-refractivity contribution in [3.8, 4) is 11.9 Å². The lowest BCUT2D eigenvalue weighted by Crippen LogP contribution is -2.12. The molecule has 1 aliphatic carbocycles. The first-order valence-electron chi connectivity index (χ1n) is 6.83. The van der Waals surface area contributed by atoms with E-state index in [1.54, 1.807) is 28.8 Å². The number of nitrogens with zero attached hydrogens (tertiary/aromatic N) is 7. The van der Waals surface area contributed by atoms with Gasteiger partial charge in [0.15, 0.2) is 0 Å². The molecule has 8 nitrogen and oxygen atoms in total. The van der Waals surface area contributed by atoms with E-state index in [-0.39, 0.29) is 0 Å². The van der Waals surface area contributed by atoms with Gasteiger partial charge in [-0.15, -0.1) is 0 Å². The predicted octanol–water partition coefficient (Wildman–Crippen LogP) is 1.16. The Hall–Kier alpha value is -2.77. The maximum atomic E-state index is 4.55. The number of aromatic nitrogens is 7. The van der Waals surface area contributed by atoms with Crippen LogP contribution in [0.3, 0.4) is 0 Å². The van der Waals surface area contributed by atoms with Crippen LogP contribution < -0.4 is 5.32 Å². The lowest BCUT2D eigenvalue weighted by Gasteiger charge is -2.06. The molecule has 8 heteroatoms. The highest BCUT2D eigenvalue weighted by Crippen LogP contribution is 2.38. The molecule has 1 N–H and O–H groups in total. The fourth-order valence-electron chi connectivity index (χ4n) is 2.10. The molecule has 4 rings (SSSR count). The summed E-state index contributed by atoms with van der Waals surface area (Å²) in [6.45, 7) is 0. The molecule has 0 aromatic carbocycles. The minimum Gasteiger partial charge on any atom is -0.357 e. The highest BCUT2D eigenvalue weighted by Gasteiger charge is 2.26. The van der Waals surface area contributed by atoms with Crippen LogP contribution in [-0.4, -0.2) is 41.6 Å². The first-order valence-corrected chi connectivity index (χ1v) is 6.83. The molecule has 106 valence electrons. The van der Waals surface area contributed by atoms with Gasteiger partial charge in [-0.1, -0.05) is 0 Å². The molecule has 0 unspecified atom stereocenters. The molecule has 0 spiro atoms. The van der Waals surface area contributed by atoms with Crippen LogP contribution in [0.5, 0.6) is 0 Å². The van der Waals surface area contributed by atoms with Crippen LogP contribution in [0, 0.1) is 0 Å². The Balaban J connectivity index is 1.77. The summed E-state index contributed by atoms with van der Waals surface area (Å²) in [5, 5.41) is 11.6. The van der Waals surface area contributed by atoms with Crippen LogP contribution in [0.25, 0.3) is 11.9 Å². The molecule has 1 aliphatic rings. The first kappa shape index (κ1) is 12.0. The van der Waals surface area contributed by atoms with Gasteiger partial charge in [0.05, 0.1) is 5.69 Å². The van der Waals surface area contributed by atoms with Crippen LogP contribution in [0.1, 0.15) is 24.5 Å². The molecule has 0 saturated heterocycles. The Morgan fingerprint density at radius 2 is 1.90 bits per heavy atom. The second kappa shape index (κ2) is 4.65. The minimum absolute atomic E-state index is 0.456. The van der Waals surface area contributed by atoms with E-state index in [1.165, 1.54) is 12.8 Å². The number of hydrogen-bond donors (Lipinski definition) is 1. The molecule has 1 saturated carbocycles. The van der Waals surface area contributed by atoms with E-state index in [2.05, 4.69) is 30.5 Å². The van der Waals surface area contributed by atoms with Gasteiger partial charge in [-0.2, -0.15) is 25.1 Å². The maximum Gasteiger partial charge on any atom is 0.257 e. The zero-order valence-electron chi connectivity index (χ0n) is 11.5. The molecule has 1 fully saturated rings. The lowest BCUT2D eigenvalue weighted by atomic mass is 10.3. The van der Waals surface area contributed by atoms with E-state index in [4.69, 9.17) is 0 Å². The summed E-state index contributed by atoms with van der Waals surface area (Å²) >= 11 is 0. The van der Waals surface area contributed by atoms with Crippen LogP contribution in [0.15, 0.2) is 30.7 Å². The topological polar surface area (TPSA) is 86.3 Å². The third kappa shape index (κ3) is 2.24. The molecule has 3 aromatic heterocycles. The Bertz CT molecular complexity index is 756. The molecule has 21 heavy (non-hydrogen) atoms. The quantitative estimate of drug-likeness (QED) is 0.772. The summed E-state index contributed by atoms with van der Waals surface area (Å²) in [6, 6.07) is 3.84. The maximum absolute atomic E-state index is 4.55. The van der Waals surface area contributed by atoms with Gasteiger partial charge in [0.1, 0.15) is 0 Å². The van der Waals surface area contributed by atoms with E-state index < -0.39 is 0 Å². The molecule has 0 bridgehead atoms. The summed E-state index contributed by atoms with van der Waals surface area (Å²) < 4.78 is 3.28. The predicted molar refractivity (Wildman–Crippen MR) is 75.6 cm³/mol. The van der Waals surface area contributed by atoms with Crippen molar-refractivity contribution in [2.45, 2.75) is 18.8 Å². The zero-order chi connectivity index (χ0) is 14.2. The molecule has 0 atom stereocenters. The summed E-state index contributed by atoms with van der Waals surface area (Å²) in [5.74, 6) is 2.01. The lowest BCUT2D eigenvalue weighted by molar-refractivity contribution is 0.737. The van der Waals surface area contributed by atoms with Crippen molar-refractivity contribution in [3.05, 3.63) is 36.4 Å². The minimum atomic E-state index is 0.456. The summed E-state index contributed by atoms with van der Waals surface area (Å²) in [5.41, 5.74) is 1.10. The van der Waals surface area contributed by atoms with Gasteiger partial charge < -0.3 is 5.32 Å². The van der Waals surface area contributed by atoms with Gasteiger partial charge in [-0.05, 0) is 25.0 Å². The molecule has 0 radical (unpaired) electrons. The van der Waals surface area contributed by atoms with Gasteiger partial charge in [0, 0.05) is 31.6 Å². The van der Waals surface area contributed by atoms with Crippen molar-refractivity contribution in [2.75, 3.05) is 12.4 Å². The number of anilines is 1. The van der Waals surface area contributed by atoms with Crippen molar-refractivity contribution in [2.24, 2.45) is 0 Å². The van der Waals surface area contributed by atoms with Gasteiger partial charge >= 0.3 is 0 Å². The largest absolute Gasteiger partial charge is 0.357 e. The fraction of sp³-hybridized carbons (Fsp3) is 0.308. The number of hydrogen-bond acceptors (Lipinski definition) is 6. The standard InChI is InChI=1S/C13H14N8/c1-14-11-16-12(20-7-2-6-15-20)18-13(17-11)21-8-5-10(19-21)9-3-4-9/h2,5-9H,3-4H2,1H3,(H,14,16,17,18). The fourth-order valence-corrected chi connectivity index (χ4v) is 2.10. The Labute approximate surface area is 120 Å². The highest BCUT2D eigenvalue weighted by molar-refractivity contribution is 5.32. The van der Waals surface area contributed by atoms with Crippen LogP contribution >= 0.6 is 0 Å². The van der Waals surface area contributed by atoms with E-state index in [9.17, 15) is 0 Å². The van der Waals surface area contributed by atoms with Crippen LogP contribution in [0.2, 0.25) is 0 Å². The van der Waals surface area contributed by atoms with Crippen molar-refractivity contribution in [1.29, 1.82) is 0 Å². The normalized spacial score (nSPS) is 14.3. The van der Waals surface area contributed by atoms with E-state index in [0.717, 1.165) is 5.69 Å². The molecular formula is C13H14N8. The zero-order valence-corrected chi connectivity index (χ0v) is 11.5. The van der Waals surface area contributed by atoms with Gasteiger partial charge in [-0.25, -0.2) is 9.36 Å². The Kier molecular flexibility index (Phi) is 2.66. The van der Waals surface area contributed by atoms with Crippen LogP contribution in [0.4, 0.5) is 5.95 Å². The van der Waals surface area contributed by atoms with Crippen molar-refractivity contribution in [1.82, 2.24) is 34.5 Å². The molecule has 0 amide bonds. The van der Waals surface area contributed by atoms with Crippen molar-refractivity contribution >= 4 is 5.95 Å². The average molecular weight is 282 g/mol. The smallest absolute Gasteiger partial charge is 0.257 e. The molecule has 3 heterocycles. The van der Waals surface area contributed by atoms with Gasteiger partial charge in [0.2, 0.25) is 5.95 Å². The summed E-state index contributed by atoms with van der Waals surface area (Å²) in [4.78, 5) is 13.1. The monoisotopic (exact) mass is 282 g/mol. The number of nitrogens with one attached hydrogen (secondary N) is 1. The Morgan fingerprint density at radius 3 is 2.57 bits per heavy atom. The van der Waals surface area contributed by atoms with Crippen LogP contribution in [-0.2, 0) is 0 Å². The molecule has 0 aliphatic heterocycles. The summed E-state index contributed by atoms with van der Waals surface area (Å²) in [6.07, 6.45) is 7.79. The van der Waals surface area contributed by atoms with Crippen molar-refractivity contribution < 1.29 is 0 Å². The van der Waals surface area contributed by atoms with Gasteiger partial charge in [-0.3, -0.25) is 0 Å². The molecular weight excluding hydrogens is 268 g/mol.